The molecule has 0 heterocycles. The summed E-state index contributed by atoms with van der Waals surface area (Å²) in [7, 11) is 0. The number of nitrogens with two attached hydrogens (primary N) is 1. The van der Waals surface area contributed by atoms with Gasteiger partial charge in [-0.1, -0.05) is 80.6 Å². The highest BCUT2D eigenvalue weighted by atomic mass is 16.5. The fourth-order valence-corrected chi connectivity index (χ4v) is 6.23. The Bertz CT molecular complexity index is 1150. The maximum atomic E-state index is 13.6. The van der Waals surface area contributed by atoms with E-state index in [0.717, 1.165) is 27.8 Å². The molecule has 3 aliphatic carbocycles. The molecule has 34 heavy (non-hydrogen) atoms. The Morgan fingerprint density at radius 3 is 2.29 bits per heavy atom. The number of carbonyl (C=O) groups excluding carboxylic acids is 1. The van der Waals surface area contributed by atoms with Crippen molar-refractivity contribution in [1.82, 2.24) is 0 Å². The highest BCUT2D eigenvalue weighted by Crippen LogP contribution is 2.48. The smallest absolute Gasteiger partial charge is 0.324 e. The first kappa shape index (κ1) is 22.6. The van der Waals surface area contributed by atoms with E-state index in [4.69, 9.17) is 10.5 Å². The largest absolute Gasteiger partial charge is 0.480 e. The van der Waals surface area contributed by atoms with Crippen LogP contribution in [0.25, 0.3) is 11.1 Å². The van der Waals surface area contributed by atoms with Crippen LogP contribution >= 0.6 is 0 Å². The van der Waals surface area contributed by atoms with Gasteiger partial charge in [0, 0.05) is 5.92 Å². The Hall–Kier alpha value is -3.18. The normalized spacial score (nSPS) is 27.5. The third-order valence-electron chi connectivity index (χ3n) is 7.99. The Kier molecular flexibility index (Phi) is 5.68. The molecule has 176 valence electrons. The quantitative estimate of drug-likeness (QED) is 0.622. The summed E-state index contributed by atoms with van der Waals surface area (Å²) >= 11 is 0. The first-order valence-electron chi connectivity index (χ1n) is 12.1. The molecule has 2 aromatic carbocycles. The molecule has 0 aromatic heterocycles. The first-order valence-corrected chi connectivity index (χ1v) is 12.1. The molecule has 1 saturated carbocycles. The summed E-state index contributed by atoms with van der Waals surface area (Å²) in [5, 5.41) is 10.0. The highest BCUT2D eigenvalue weighted by Gasteiger charge is 2.55. The highest BCUT2D eigenvalue weighted by molar-refractivity contribution is 5.90. The summed E-state index contributed by atoms with van der Waals surface area (Å²) < 4.78 is 5.92. The van der Waals surface area contributed by atoms with Gasteiger partial charge in [0.15, 0.2) is 0 Å². The summed E-state index contributed by atoms with van der Waals surface area (Å²) in [6.07, 6.45) is 6.89. The van der Waals surface area contributed by atoms with Gasteiger partial charge >= 0.3 is 11.9 Å². The van der Waals surface area contributed by atoms with Gasteiger partial charge in [-0.25, -0.2) is 0 Å². The second kappa shape index (κ2) is 8.55. The minimum Gasteiger partial charge on any atom is -0.480 e. The molecule has 4 atom stereocenters. The summed E-state index contributed by atoms with van der Waals surface area (Å²) in [6, 6.07) is 16.3. The van der Waals surface area contributed by atoms with Crippen LogP contribution in [0.4, 0.5) is 0 Å². The molecule has 3 aliphatic rings. The number of rotatable bonds is 5. The van der Waals surface area contributed by atoms with E-state index in [9.17, 15) is 14.7 Å². The van der Waals surface area contributed by atoms with Gasteiger partial charge in [0.1, 0.15) is 18.1 Å². The Morgan fingerprint density at radius 1 is 1.09 bits per heavy atom. The number of fused-ring (bicyclic) bond motifs is 4. The fraction of sp³-hybridized carbons (Fsp3) is 0.379. The van der Waals surface area contributed by atoms with Gasteiger partial charge in [0.05, 0.1) is 0 Å². The van der Waals surface area contributed by atoms with Gasteiger partial charge in [-0.3, -0.25) is 9.59 Å². The first-order chi connectivity index (χ1) is 16.3. The zero-order chi connectivity index (χ0) is 24.0. The zero-order valence-corrected chi connectivity index (χ0v) is 19.6. The molecule has 0 aliphatic heterocycles. The summed E-state index contributed by atoms with van der Waals surface area (Å²) in [5.74, 6) is -2.04. The SMILES string of the molecule is CC(C)C1C=CC=C2C1CCC(N)(C(=O)O)C2C(=O)OCC1c2ccccc2-c2ccccc21. The number of aliphatic carboxylic acids is 1. The number of allylic oxidation sites excluding steroid dienone is 3. The molecular formula is C29H31NO4. The maximum Gasteiger partial charge on any atom is 0.324 e. The molecule has 0 spiro atoms. The van der Waals surface area contributed by atoms with Crippen molar-refractivity contribution < 1.29 is 19.4 Å². The van der Waals surface area contributed by atoms with Crippen molar-refractivity contribution in [3.8, 4) is 11.1 Å². The Labute approximate surface area is 200 Å². The van der Waals surface area contributed by atoms with E-state index in [1.807, 2.05) is 36.4 Å². The molecule has 2 aromatic rings. The molecule has 0 radical (unpaired) electrons. The van der Waals surface area contributed by atoms with Gasteiger partial charge in [0.2, 0.25) is 0 Å². The summed E-state index contributed by atoms with van der Waals surface area (Å²) in [4.78, 5) is 25.9. The van der Waals surface area contributed by atoms with Crippen molar-refractivity contribution in [3.05, 3.63) is 83.5 Å². The standard InChI is InChI=1S/C29H31NO4/c1-17(2)18-12-7-13-24-23(18)14-15-29(30,28(32)33)26(24)27(31)34-16-25-21-10-5-3-8-19(21)20-9-4-6-11-22(20)25/h3-13,17-18,23,25-26H,14-16,30H2,1-2H3,(H,32,33). The van der Waals surface area contributed by atoms with Gasteiger partial charge < -0.3 is 15.6 Å². The van der Waals surface area contributed by atoms with Gasteiger partial charge in [-0.05, 0) is 58.4 Å². The number of hydrogen-bond donors (Lipinski definition) is 2. The third-order valence-corrected chi connectivity index (χ3v) is 7.99. The van der Waals surface area contributed by atoms with E-state index < -0.39 is 23.4 Å². The lowest BCUT2D eigenvalue weighted by Gasteiger charge is -2.45. The van der Waals surface area contributed by atoms with Gasteiger partial charge in [0.25, 0.3) is 0 Å². The van der Waals surface area contributed by atoms with E-state index in [2.05, 4.69) is 44.2 Å². The zero-order valence-electron chi connectivity index (χ0n) is 19.6. The molecule has 3 N–H and O–H groups in total. The van der Waals surface area contributed by atoms with Gasteiger partial charge in [-0.2, -0.15) is 0 Å². The second-order valence-corrected chi connectivity index (χ2v) is 10.2. The molecular weight excluding hydrogens is 426 g/mol. The average molecular weight is 458 g/mol. The fourth-order valence-electron chi connectivity index (χ4n) is 6.23. The molecule has 0 amide bonds. The van der Waals surface area contributed by atoms with Crippen LogP contribution in [0.3, 0.4) is 0 Å². The number of carboxylic acid groups (broad SMARTS) is 1. The Balaban J connectivity index is 1.44. The predicted octanol–water partition coefficient (Wildman–Crippen LogP) is 4.92. The maximum absolute atomic E-state index is 13.6. The number of hydrogen-bond acceptors (Lipinski definition) is 4. The number of benzene rings is 2. The predicted molar refractivity (Wildman–Crippen MR) is 131 cm³/mol. The van der Waals surface area contributed by atoms with E-state index in [-0.39, 0.29) is 30.8 Å². The number of carboxylic acids is 1. The lowest BCUT2D eigenvalue weighted by atomic mass is 9.60. The van der Waals surface area contributed by atoms with Crippen molar-refractivity contribution in [2.45, 2.75) is 38.1 Å². The van der Waals surface area contributed by atoms with Crippen LogP contribution in [0.5, 0.6) is 0 Å². The number of carbonyl (C=O) groups is 2. The number of esters is 1. The minimum atomic E-state index is -1.67. The van der Waals surface area contributed by atoms with Crippen molar-refractivity contribution in [1.29, 1.82) is 0 Å². The molecule has 5 nitrogen and oxygen atoms in total. The molecule has 0 saturated heterocycles. The van der Waals surface area contributed by atoms with E-state index in [1.165, 1.54) is 0 Å². The van der Waals surface area contributed by atoms with Crippen molar-refractivity contribution in [3.63, 3.8) is 0 Å². The lowest BCUT2D eigenvalue weighted by molar-refractivity contribution is -0.160. The molecule has 0 bridgehead atoms. The van der Waals surface area contributed by atoms with Crippen LogP contribution in [0.15, 0.2) is 72.3 Å². The lowest BCUT2D eigenvalue weighted by Crippen LogP contribution is -2.61. The third kappa shape index (κ3) is 3.50. The van der Waals surface area contributed by atoms with E-state index in [1.54, 1.807) is 0 Å². The molecule has 4 unspecified atom stereocenters. The van der Waals surface area contributed by atoms with Crippen LogP contribution in [0.2, 0.25) is 0 Å². The summed E-state index contributed by atoms with van der Waals surface area (Å²) in [6.45, 7) is 4.46. The monoisotopic (exact) mass is 457 g/mol. The topological polar surface area (TPSA) is 89.6 Å². The molecule has 1 fully saturated rings. The van der Waals surface area contributed by atoms with Crippen molar-refractivity contribution in [2.24, 2.45) is 29.4 Å². The number of ether oxygens (including phenoxy) is 1. The second-order valence-electron chi connectivity index (χ2n) is 10.2. The minimum absolute atomic E-state index is 0.0867. The average Bonchev–Trinajstić information content (AvgIpc) is 3.15. The van der Waals surface area contributed by atoms with E-state index >= 15 is 0 Å². The van der Waals surface area contributed by atoms with E-state index in [0.29, 0.717) is 12.3 Å². The molecule has 5 heteroatoms. The van der Waals surface area contributed by atoms with Gasteiger partial charge in [-0.15, -0.1) is 0 Å². The van der Waals surface area contributed by atoms with Crippen LogP contribution in [0, 0.1) is 23.7 Å². The van der Waals surface area contributed by atoms with Crippen LogP contribution in [-0.4, -0.2) is 29.2 Å². The van der Waals surface area contributed by atoms with Crippen molar-refractivity contribution >= 4 is 11.9 Å². The van der Waals surface area contributed by atoms with Crippen LogP contribution in [0.1, 0.15) is 43.7 Å². The van der Waals surface area contributed by atoms with Crippen LogP contribution in [-0.2, 0) is 14.3 Å². The Morgan fingerprint density at radius 2 is 1.71 bits per heavy atom. The van der Waals surface area contributed by atoms with Crippen molar-refractivity contribution in [2.75, 3.05) is 6.61 Å². The molecule has 5 rings (SSSR count). The van der Waals surface area contributed by atoms with Crippen LogP contribution < -0.4 is 5.73 Å². The summed E-state index contributed by atoms with van der Waals surface area (Å²) in [5.41, 5.74) is 10.1.